The normalized spacial score (nSPS) is 22.5. The lowest BCUT2D eigenvalue weighted by Gasteiger charge is -2.23. The SMILES string of the molecule is CC1(Cl)C(=O)NC(=O)NC1=O. The molecule has 4 amide bonds. The Morgan fingerprint density at radius 3 is 1.91 bits per heavy atom. The standard InChI is InChI=1S/C5H5ClN2O3/c1-5(6)2(9)7-4(11)8-3(5)10/h1H3,(H2,7,8,9,10,11). The van der Waals surface area contributed by atoms with Gasteiger partial charge in [-0.25, -0.2) is 4.79 Å². The Balaban J connectivity index is 2.93. The molecule has 0 aromatic rings. The van der Waals surface area contributed by atoms with Gasteiger partial charge >= 0.3 is 6.03 Å². The Morgan fingerprint density at radius 1 is 1.18 bits per heavy atom. The van der Waals surface area contributed by atoms with Gasteiger partial charge in [0.15, 0.2) is 4.87 Å². The molecule has 1 saturated heterocycles. The number of urea groups is 1. The summed E-state index contributed by atoms with van der Waals surface area (Å²) >= 11 is 5.46. The Bertz CT molecular complexity index is 226. The van der Waals surface area contributed by atoms with E-state index in [2.05, 4.69) is 0 Å². The summed E-state index contributed by atoms with van der Waals surface area (Å²) in [4.78, 5) is 30.4. The van der Waals surface area contributed by atoms with Crippen LogP contribution in [0, 0.1) is 0 Å². The van der Waals surface area contributed by atoms with E-state index in [1.165, 1.54) is 6.92 Å². The van der Waals surface area contributed by atoms with Crippen LogP contribution < -0.4 is 10.6 Å². The van der Waals surface area contributed by atoms with Crippen LogP contribution in [0.25, 0.3) is 0 Å². The largest absolute Gasteiger partial charge is 0.328 e. The van der Waals surface area contributed by atoms with E-state index in [1.54, 1.807) is 0 Å². The van der Waals surface area contributed by atoms with Gasteiger partial charge in [-0.05, 0) is 6.92 Å². The lowest BCUT2D eigenvalue weighted by atomic mass is 10.1. The smallest absolute Gasteiger partial charge is 0.276 e. The van der Waals surface area contributed by atoms with E-state index in [4.69, 9.17) is 11.6 Å². The van der Waals surface area contributed by atoms with Crippen molar-refractivity contribution >= 4 is 29.4 Å². The number of hydrogen-bond donors (Lipinski definition) is 2. The molecule has 60 valence electrons. The van der Waals surface area contributed by atoms with Crippen LogP contribution in [0.1, 0.15) is 6.92 Å². The van der Waals surface area contributed by atoms with Crippen molar-refractivity contribution in [1.82, 2.24) is 10.6 Å². The molecular weight excluding hydrogens is 172 g/mol. The number of carbonyl (C=O) groups is 3. The van der Waals surface area contributed by atoms with Crippen molar-refractivity contribution in [2.45, 2.75) is 11.8 Å². The first-order valence-electron chi connectivity index (χ1n) is 2.80. The van der Waals surface area contributed by atoms with Crippen LogP contribution in [0.5, 0.6) is 0 Å². The molecule has 1 aliphatic rings. The zero-order valence-electron chi connectivity index (χ0n) is 5.60. The van der Waals surface area contributed by atoms with Crippen LogP contribution in [0.2, 0.25) is 0 Å². The minimum Gasteiger partial charge on any atom is -0.276 e. The fourth-order valence-corrected chi connectivity index (χ4v) is 0.670. The summed E-state index contributed by atoms with van der Waals surface area (Å²) in [5.74, 6) is -1.60. The molecule has 0 radical (unpaired) electrons. The second-order valence-corrected chi connectivity index (χ2v) is 3.00. The lowest BCUT2D eigenvalue weighted by Crippen LogP contribution is -2.62. The molecule has 0 aromatic carbocycles. The van der Waals surface area contributed by atoms with E-state index in [-0.39, 0.29) is 0 Å². The zero-order chi connectivity index (χ0) is 8.65. The number of hydrogen-bond acceptors (Lipinski definition) is 3. The number of alkyl halides is 1. The highest BCUT2D eigenvalue weighted by Gasteiger charge is 2.44. The molecule has 0 atom stereocenters. The van der Waals surface area contributed by atoms with E-state index in [0.29, 0.717) is 0 Å². The first-order chi connectivity index (χ1) is 4.94. The van der Waals surface area contributed by atoms with Gasteiger partial charge in [-0.15, -0.1) is 0 Å². The Hall–Kier alpha value is -1.10. The van der Waals surface area contributed by atoms with Crippen molar-refractivity contribution in [3.05, 3.63) is 0 Å². The maximum atomic E-state index is 10.8. The van der Waals surface area contributed by atoms with Gasteiger partial charge in [0.2, 0.25) is 0 Å². The van der Waals surface area contributed by atoms with Gasteiger partial charge in [0.25, 0.3) is 11.8 Å². The van der Waals surface area contributed by atoms with Crippen LogP contribution in [-0.2, 0) is 9.59 Å². The highest BCUT2D eigenvalue weighted by molar-refractivity contribution is 6.48. The van der Waals surface area contributed by atoms with Crippen molar-refractivity contribution in [3.8, 4) is 0 Å². The van der Waals surface area contributed by atoms with Crippen molar-refractivity contribution < 1.29 is 14.4 Å². The predicted octanol–water partition coefficient (Wildman–Crippen LogP) is -0.650. The molecule has 0 saturated carbocycles. The minimum absolute atomic E-state index is 0.798. The van der Waals surface area contributed by atoms with E-state index >= 15 is 0 Å². The summed E-state index contributed by atoms with van der Waals surface area (Å²) in [6, 6.07) is -0.835. The number of barbiturate groups is 1. The molecule has 2 N–H and O–H groups in total. The molecule has 0 bridgehead atoms. The summed E-state index contributed by atoms with van der Waals surface area (Å²) < 4.78 is 0. The third-order valence-corrected chi connectivity index (χ3v) is 1.65. The molecule has 1 heterocycles. The van der Waals surface area contributed by atoms with E-state index in [9.17, 15) is 14.4 Å². The molecule has 0 aromatic heterocycles. The fourth-order valence-electron chi connectivity index (χ4n) is 0.575. The predicted molar refractivity (Wildman–Crippen MR) is 35.9 cm³/mol. The fraction of sp³-hybridized carbons (Fsp3) is 0.400. The number of rotatable bonds is 0. The highest BCUT2D eigenvalue weighted by atomic mass is 35.5. The molecule has 6 heteroatoms. The van der Waals surface area contributed by atoms with Crippen LogP contribution in [-0.4, -0.2) is 22.7 Å². The second kappa shape index (κ2) is 2.20. The number of nitrogens with one attached hydrogen (secondary N) is 2. The van der Waals surface area contributed by atoms with Gasteiger partial charge in [0.05, 0.1) is 0 Å². The lowest BCUT2D eigenvalue weighted by molar-refractivity contribution is -0.133. The van der Waals surface area contributed by atoms with Crippen LogP contribution >= 0.6 is 11.6 Å². The van der Waals surface area contributed by atoms with Gasteiger partial charge in [0.1, 0.15) is 0 Å². The monoisotopic (exact) mass is 176 g/mol. The van der Waals surface area contributed by atoms with Crippen molar-refractivity contribution in [1.29, 1.82) is 0 Å². The summed E-state index contributed by atoms with van der Waals surface area (Å²) in [6.07, 6.45) is 0. The quantitative estimate of drug-likeness (QED) is 0.381. The number of carbonyl (C=O) groups excluding carboxylic acids is 3. The molecule has 0 spiro atoms. The van der Waals surface area contributed by atoms with E-state index < -0.39 is 22.7 Å². The van der Waals surface area contributed by atoms with Gasteiger partial charge in [-0.3, -0.25) is 20.2 Å². The van der Waals surface area contributed by atoms with Crippen LogP contribution in [0.4, 0.5) is 4.79 Å². The highest BCUT2D eigenvalue weighted by Crippen LogP contribution is 2.16. The van der Waals surface area contributed by atoms with Crippen molar-refractivity contribution in [2.24, 2.45) is 0 Å². The van der Waals surface area contributed by atoms with Gasteiger partial charge in [-0.1, -0.05) is 11.6 Å². The van der Waals surface area contributed by atoms with Crippen LogP contribution in [0.15, 0.2) is 0 Å². The van der Waals surface area contributed by atoms with Gasteiger partial charge in [-0.2, -0.15) is 0 Å². The number of imide groups is 2. The molecule has 0 unspecified atom stereocenters. The molecule has 1 aliphatic heterocycles. The number of amides is 4. The maximum Gasteiger partial charge on any atom is 0.328 e. The zero-order valence-corrected chi connectivity index (χ0v) is 6.36. The molecule has 11 heavy (non-hydrogen) atoms. The molecule has 1 fully saturated rings. The minimum atomic E-state index is -1.67. The maximum absolute atomic E-state index is 10.8. The van der Waals surface area contributed by atoms with E-state index in [1.807, 2.05) is 10.6 Å². The molecular formula is C5H5ClN2O3. The topological polar surface area (TPSA) is 75.3 Å². The van der Waals surface area contributed by atoms with Crippen LogP contribution in [0.3, 0.4) is 0 Å². The van der Waals surface area contributed by atoms with Gasteiger partial charge < -0.3 is 0 Å². The summed E-state index contributed by atoms with van der Waals surface area (Å²) in [7, 11) is 0. The molecule has 1 rings (SSSR count). The second-order valence-electron chi connectivity index (χ2n) is 2.24. The molecule has 0 aliphatic carbocycles. The summed E-state index contributed by atoms with van der Waals surface area (Å²) in [6.45, 7) is 1.21. The Morgan fingerprint density at radius 2 is 1.55 bits per heavy atom. The first kappa shape index (κ1) is 8.00. The first-order valence-corrected chi connectivity index (χ1v) is 3.18. The third-order valence-electron chi connectivity index (χ3n) is 1.31. The summed E-state index contributed by atoms with van der Waals surface area (Å²) in [5, 5.41) is 3.72. The summed E-state index contributed by atoms with van der Waals surface area (Å²) in [5.41, 5.74) is 0. The molecule has 5 nitrogen and oxygen atoms in total. The van der Waals surface area contributed by atoms with Crippen molar-refractivity contribution in [3.63, 3.8) is 0 Å². The van der Waals surface area contributed by atoms with Crippen molar-refractivity contribution in [2.75, 3.05) is 0 Å². The average molecular weight is 177 g/mol. The number of halogens is 1. The van der Waals surface area contributed by atoms with E-state index in [0.717, 1.165) is 0 Å². The average Bonchev–Trinajstić information content (AvgIpc) is 1.84. The van der Waals surface area contributed by atoms with Gasteiger partial charge in [0, 0.05) is 0 Å². The third kappa shape index (κ3) is 1.19. The Labute approximate surface area is 67.1 Å². The Kier molecular flexibility index (Phi) is 1.60.